The van der Waals surface area contributed by atoms with Crippen LogP contribution in [0.3, 0.4) is 0 Å². The number of ether oxygens (including phenoxy) is 1. The molecule has 2 saturated heterocycles. The number of fused-ring (bicyclic) bond motifs is 1. The van der Waals surface area contributed by atoms with Crippen molar-refractivity contribution in [2.24, 2.45) is 0 Å². The maximum Gasteiger partial charge on any atom is 0.270 e. The van der Waals surface area contributed by atoms with Crippen molar-refractivity contribution in [1.82, 2.24) is 24.7 Å². The van der Waals surface area contributed by atoms with Gasteiger partial charge in [-0.05, 0) is 85.7 Å². The van der Waals surface area contributed by atoms with Gasteiger partial charge in [-0.25, -0.2) is 4.98 Å². The molecule has 9 heteroatoms. The fourth-order valence-electron chi connectivity index (χ4n) is 6.32. The quantitative estimate of drug-likeness (QED) is 0.313. The lowest BCUT2D eigenvalue weighted by atomic mass is 9.98. The summed E-state index contributed by atoms with van der Waals surface area (Å²) in [7, 11) is 0. The molecule has 2 atom stereocenters. The molecule has 2 fully saturated rings. The summed E-state index contributed by atoms with van der Waals surface area (Å²) in [6.07, 6.45) is 3.41. The van der Waals surface area contributed by atoms with Gasteiger partial charge in [0.1, 0.15) is 6.04 Å². The Balaban J connectivity index is 1.26. The van der Waals surface area contributed by atoms with Gasteiger partial charge in [-0.2, -0.15) is 0 Å². The normalized spacial score (nSPS) is 16.9. The lowest BCUT2D eigenvalue weighted by Crippen LogP contribution is -2.45. The minimum absolute atomic E-state index is 0.0831. The third-order valence-electron chi connectivity index (χ3n) is 9.18. The minimum Gasteiger partial charge on any atom is -0.379 e. The molecule has 0 saturated carbocycles. The molecule has 3 aromatic carbocycles. The molecule has 0 bridgehead atoms. The lowest BCUT2D eigenvalue weighted by Gasteiger charge is -2.32. The first kappa shape index (κ1) is 30.7. The molecule has 0 aliphatic carbocycles. The van der Waals surface area contributed by atoms with E-state index in [4.69, 9.17) is 4.74 Å². The monoisotopic (exact) mass is 607 g/mol. The Bertz CT molecular complexity index is 1750. The number of aryl methyl sites for hydroxylation is 2. The van der Waals surface area contributed by atoms with Gasteiger partial charge < -0.3 is 15.0 Å². The van der Waals surface area contributed by atoms with Crippen LogP contribution < -0.4 is 10.9 Å². The molecule has 3 heterocycles. The van der Waals surface area contributed by atoms with Gasteiger partial charge in [0.2, 0.25) is 5.91 Å². The summed E-state index contributed by atoms with van der Waals surface area (Å²) >= 11 is 0. The lowest BCUT2D eigenvalue weighted by molar-refractivity contribution is -0.124. The van der Waals surface area contributed by atoms with Gasteiger partial charge in [0, 0.05) is 38.3 Å². The van der Waals surface area contributed by atoms with Crippen LogP contribution in [-0.4, -0.2) is 77.1 Å². The van der Waals surface area contributed by atoms with Gasteiger partial charge in [-0.15, -0.1) is 0 Å². The van der Waals surface area contributed by atoms with Crippen LogP contribution in [0.15, 0.2) is 71.7 Å². The number of morpholine rings is 1. The number of benzene rings is 3. The Labute approximate surface area is 263 Å². The van der Waals surface area contributed by atoms with E-state index in [-0.39, 0.29) is 23.4 Å². The number of aromatic nitrogens is 2. The molecular formula is C36H41N5O4. The second kappa shape index (κ2) is 13.3. The standard InChI is InChI=1S/C36H41N5O4/c1-24-19-31-33(20-25(24)2)41(34(42)22-37-31)26(3)35(43)38-32(23-39-15-17-45-18-16-39)28-11-9-27(10-12-28)29-7-6-8-30(21-29)36(44)40-13-4-5-14-40/h6-12,19-22,26,32H,4-5,13-18,23H2,1-3H3,(H,38,43). The Morgan fingerprint density at radius 3 is 2.36 bits per heavy atom. The molecule has 0 radical (unpaired) electrons. The molecule has 4 aromatic rings. The molecule has 2 unspecified atom stereocenters. The Kier molecular flexibility index (Phi) is 9.09. The number of carbonyl (C=O) groups excluding carboxylic acids is 2. The van der Waals surface area contributed by atoms with Crippen LogP contribution in [-0.2, 0) is 9.53 Å². The third kappa shape index (κ3) is 6.70. The van der Waals surface area contributed by atoms with Crippen molar-refractivity contribution in [3.05, 3.63) is 99.5 Å². The molecule has 2 amide bonds. The van der Waals surface area contributed by atoms with E-state index in [0.29, 0.717) is 36.4 Å². The minimum atomic E-state index is -0.743. The average Bonchev–Trinajstić information content (AvgIpc) is 3.61. The van der Waals surface area contributed by atoms with Crippen molar-refractivity contribution in [1.29, 1.82) is 0 Å². The molecule has 9 nitrogen and oxygen atoms in total. The summed E-state index contributed by atoms with van der Waals surface area (Å²) in [6.45, 7) is 10.9. The van der Waals surface area contributed by atoms with Gasteiger partial charge in [0.25, 0.3) is 11.5 Å². The van der Waals surface area contributed by atoms with Gasteiger partial charge in [-0.3, -0.25) is 23.9 Å². The number of nitrogens with zero attached hydrogens (tertiary/aromatic N) is 4. The zero-order valence-electron chi connectivity index (χ0n) is 26.3. The third-order valence-corrected chi connectivity index (χ3v) is 9.18. The van der Waals surface area contributed by atoms with Gasteiger partial charge in [0.05, 0.1) is 36.5 Å². The van der Waals surface area contributed by atoms with Crippen molar-refractivity contribution >= 4 is 22.8 Å². The average molecular weight is 608 g/mol. The second-order valence-electron chi connectivity index (χ2n) is 12.2. The smallest absolute Gasteiger partial charge is 0.270 e. The van der Waals surface area contributed by atoms with Gasteiger partial charge >= 0.3 is 0 Å². The van der Waals surface area contributed by atoms with E-state index in [9.17, 15) is 14.4 Å². The van der Waals surface area contributed by atoms with Crippen LogP contribution in [0.25, 0.3) is 22.2 Å². The van der Waals surface area contributed by atoms with Gasteiger partial charge in [0.15, 0.2) is 0 Å². The first-order chi connectivity index (χ1) is 21.8. The van der Waals surface area contributed by atoms with E-state index < -0.39 is 6.04 Å². The summed E-state index contributed by atoms with van der Waals surface area (Å²) in [5.74, 6) is -0.155. The molecule has 234 valence electrons. The second-order valence-corrected chi connectivity index (χ2v) is 12.2. The molecule has 45 heavy (non-hydrogen) atoms. The number of amides is 2. The summed E-state index contributed by atoms with van der Waals surface area (Å²) in [6, 6.07) is 18.8. The Morgan fingerprint density at radius 2 is 1.62 bits per heavy atom. The van der Waals surface area contributed by atoms with Crippen molar-refractivity contribution in [2.75, 3.05) is 45.9 Å². The van der Waals surface area contributed by atoms with E-state index in [0.717, 1.165) is 66.8 Å². The number of carbonyl (C=O) groups is 2. The summed E-state index contributed by atoms with van der Waals surface area (Å²) in [5.41, 5.74) is 6.78. The van der Waals surface area contributed by atoms with E-state index in [1.165, 1.54) is 10.8 Å². The van der Waals surface area contributed by atoms with E-state index in [2.05, 4.69) is 15.2 Å². The van der Waals surface area contributed by atoms with Crippen molar-refractivity contribution in [2.45, 2.75) is 45.7 Å². The van der Waals surface area contributed by atoms with Crippen LogP contribution in [0, 0.1) is 13.8 Å². The number of hydrogen-bond donors (Lipinski definition) is 1. The van der Waals surface area contributed by atoms with Crippen molar-refractivity contribution in [3.8, 4) is 11.1 Å². The number of nitrogens with one attached hydrogen (secondary N) is 1. The summed E-state index contributed by atoms with van der Waals surface area (Å²) in [5, 5.41) is 3.26. The molecule has 1 N–H and O–H groups in total. The fraction of sp³-hybridized carbons (Fsp3) is 0.389. The fourth-order valence-corrected chi connectivity index (χ4v) is 6.32. The molecule has 6 rings (SSSR count). The largest absolute Gasteiger partial charge is 0.379 e. The zero-order valence-corrected chi connectivity index (χ0v) is 26.3. The number of hydrogen-bond acceptors (Lipinski definition) is 6. The summed E-state index contributed by atoms with van der Waals surface area (Å²) < 4.78 is 7.10. The van der Waals surface area contributed by atoms with Crippen molar-refractivity contribution < 1.29 is 14.3 Å². The maximum atomic E-state index is 13.8. The predicted molar refractivity (Wildman–Crippen MR) is 175 cm³/mol. The highest BCUT2D eigenvalue weighted by molar-refractivity contribution is 5.95. The number of likely N-dealkylation sites (tertiary alicyclic amines) is 1. The van der Waals surface area contributed by atoms with Crippen LogP contribution >= 0.6 is 0 Å². The van der Waals surface area contributed by atoms with E-state index in [1.807, 2.05) is 79.4 Å². The zero-order chi connectivity index (χ0) is 31.5. The van der Waals surface area contributed by atoms with Crippen LogP contribution in [0.1, 0.15) is 58.9 Å². The molecule has 2 aliphatic rings. The van der Waals surface area contributed by atoms with Crippen LogP contribution in [0.2, 0.25) is 0 Å². The first-order valence-corrected chi connectivity index (χ1v) is 15.9. The maximum absolute atomic E-state index is 13.8. The predicted octanol–water partition coefficient (Wildman–Crippen LogP) is 4.67. The Morgan fingerprint density at radius 1 is 0.911 bits per heavy atom. The highest BCUT2D eigenvalue weighted by Crippen LogP contribution is 2.26. The molecule has 0 spiro atoms. The molecule has 1 aromatic heterocycles. The first-order valence-electron chi connectivity index (χ1n) is 15.9. The van der Waals surface area contributed by atoms with Crippen LogP contribution in [0.5, 0.6) is 0 Å². The van der Waals surface area contributed by atoms with E-state index >= 15 is 0 Å². The molecular weight excluding hydrogens is 566 g/mol. The van der Waals surface area contributed by atoms with Crippen molar-refractivity contribution in [3.63, 3.8) is 0 Å². The Hall–Kier alpha value is -4.34. The van der Waals surface area contributed by atoms with Crippen LogP contribution in [0.4, 0.5) is 0 Å². The highest BCUT2D eigenvalue weighted by Gasteiger charge is 2.25. The summed E-state index contributed by atoms with van der Waals surface area (Å²) in [4.78, 5) is 48.4. The molecule has 2 aliphatic heterocycles. The van der Waals surface area contributed by atoms with E-state index in [1.54, 1.807) is 6.92 Å². The topological polar surface area (TPSA) is 96.8 Å². The van der Waals surface area contributed by atoms with Gasteiger partial charge in [-0.1, -0.05) is 36.4 Å². The highest BCUT2D eigenvalue weighted by atomic mass is 16.5. The number of rotatable bonds is 8. The SMILES string of the molecule is Cc1cc2ncc(=O)n(C(C)C(=O)NC(CN3CCOCC3)c3ccc(-c4cccc(C(=O)N5CCCC5)c4)cc3)c2cc1C.